The Bertz CT molecular complexity index is 541. The number of benzene rings is 1. The molecule has 0 fully saturated rings. The zero-order valence-corrected chi connectivity index (χ0v) is 9.56. The Kier molecular flexibility index (Phi) is 4.19. The number of nitro benzene ring substituents is 2. The van der Waals surface area contributed by atoms with Gasteiger partial charge in [0.15, 0.2) is 18.1 Å². The fraction of sp³-hybridized carbons (Fsp3) is 0.222. The molecule has 1 rings (SSSR count). The summed E-state index contributed by atoms with van der Waals surface area (Å²) < 4.78 is 9.52. The van der Waals surface area contributed by atoms with Crippen molar-refractivity contribution in [2.45, 2.75) is 0 Å². The molecule has 0 spiro atoms. The average Bonchev–Trinajstić information content (AvgIpc) is 2.34. The summed E-state index contributed by atoms with van der Waals surface area (Å²) in [5.74, 6) is -1.73. The van der Waals surface area contributed by atoms with Crippen LogP contribution in [0.1, 0.15) is 0 Å². The third-order valence-corrected chi connectivity index (χ3v) is 2.01. The number of hydrogen-bond acceptors (Lipinski definition) is 7. The molecule has 1 N–H and O–H groups in total. The van der Waals surface area contributed by atoms with E-state index in [-0.39, 0.29) is 11.5 Å². The van der Waals surface area contributed by atoms with Gasteiger partial charge in [-0.3, -0.25) is 20.2 Å². The van der Waals surface area contributed by atoms with Crippen molar-refractivity contribution in [1.82, 2.24) is 0 Å². The van der Waals surface area contributed by atoms with E-state index in [1.54, 1.807) is 0 Å². The highest BCUT2D eigenvalue weighted by molar-refractivity contribution is 5.69. The Labute approximate surface area is 105 Å². The molecule has 0 heterocycles. The lowest BCUT2D eigenvalue weighted by atomic mass is 10.2. The number of methoxy groups -OCH3 is 1. The fourth-order valence-electron chi connectivity index (χ4n) is 1.24. The van der Waals surface area contributed by atoms with E-state index in [2.05, 4.69) is 0 Å². The van der Waals surface area contributed by atoms with Crippen LogP contribution in [0.5, 0.6) is 11.5 Å². The number of nitrogens with zero attached hydrogens (tertiary/aromatic N) is 2. The first-order valence-electron chi connectivity index (χ1n) is 4.72. The second-order valence-corrected chi connectivity index (χ2v) is 3.19. The van der Waals surface area contributed by atoms with Crippen molar-refractivity contribution in [3.63, 3.8) is 0 Å². The highest BCUT2D eigenvalue weighted by atomic mass is 16.6. The van der Waals surface area contributed by atoms with Crippen LogP contribution < -0.4 is 9.47 Å². The summed E-state index contributed by atoms with van der Waals surface area (Å²) in [6.45, 7) is -0.759. The second-order valence-electron chi connectivity index (χ2n) is 3.19. The van der Waals surface area contributed by atoms with Crippen LogP contribution in [0.3, 0.4) is 0 Å². The Morgan fingerprint density at radius 3 is 2.05 bits per heavy atom. The SMILES string of the molecule is COc1cc([N+](=O)[O-])c([N+](=O)[O-])cc1OCC(=O)O. The topological polar surface area (TPSA) is 142 Å². The highest BCUT2D eigenvalue weighted by Crippen LogP contribution is 2.38. The first kappa shape index (κ1) is 14.2. The lowest BCUT2D eigenvalue weighted by Gasteiger charge is -2.08. The van der Waals surface area contributed by atoms with Gasteiger partial charge in [-0.25, -0.2) is 4.79 Å². The number of carboxylic acid groups (broad SMARTS) is 1. The molecular weight excluding hydrogens is 264 g/mol. The van der Waals surface area contributed by atoms with Crippen molar-refractivity contribution in [1.29, 1.82) is 0 Å². The van der Waals surface area contributed by atoms with Crippen LogP contribution in [0.4, 0.5) is 11.4 Å². The molecule has 0 aliphatic heterocycles. The van der Waals surface area contributed by atoms with Crippen LogP contribution >= 0.6 is 0 Å². The van der Waals surface area contributed by atoms with Gasteiger partial charge in [-0.1, -0.05) is 0 Å². The number of rotatable bonds is 6. The Morgan fingerprint density at radius 1 is 1.21 bits per heavy atom. The summed E-state index contributed by atoms with van der Waals surface area (Å²) in [5.41, 5.74) is -1.59. The molecule has 0 radical (unpaired) electrons. The zero-order valence-electron chi connectivity index (χ0n) is 9.56. The maximum Gasteiger partial charge on any atom is 0.350 e. The fourth-order valence-corrected chi connectivity index (χ4v) is 1.24. The standard InChI is InChI=1S/C9H8N2O8/c1-18-7-2-5(10(14)15)6(11(16)17)3-8(7)19-4-9(12)13/h2-3H,4H2,1H3,(H,12,13). The first-order chi connectivity index (χ1) is 8.86. The Hall–Kier alpha value is -2.91. The number of hydrogen-bond donors (Lipinski definition) is 1. The molecule has 0 aliphatic rings. The van der Waals surface area contributed by atoms with Gasteiger partial charge in [0, 0.05) is 0 Å². The number of ether oxygens (including phenoxy) is 2. The molecule has 0 atom stereocenters. The molecule has 1 aromatic rings. The molecule has 1 aromatic carbocycles. The van der Waals surface area contributed by atoms with Gasteiger partial charge in [0.25, 0.3) is 0 Å². The van der Waals surface area contributed by atoms with Crippen LogP contribution in [0.2, 0.25) is 0 Å². The maximum absolute atomic E-state index is 10.7. The molecule has 0 aliphatic carbocycles. The van der Waals surface area contributed by atoms with Gasteiger partial charge in [-0.15, -0.1) is 0 Å². The van der Waals surface area contributed by atoms with Crippen molar-refractivity contribution >= 4 is 17.3 Å². The van der Waals surface area contributed by atoms with E-state index in [4.69, 9.17) is 14.6 Å². The summed E-state index contributed by atoms with van der Waals surface area (Å²) in [7, 11) is 1.17. The summed E-state index contributed by atoms with van der Waals surface area (Å²) in [6, 6.07) is 1.55. The van der Waals surface area contributed by atoms with Crippen molar-refractivity contribution < 1.29 is 29.2 Å². The quantitative estimate of drug-likeness (QED) is 0.596. The molecule has 10 nitrogen and oxygen atoms in total. The highest BCUT2D eigenvalue weighted by Gasteiger charge is 2.28. The molecule has 0 saturated heterocycles. The Morgan fingerprint density at radius 2 is 1.68 bits per heavy atom. The minimum atomic E-state index is -1.30. The van der Waals surface area contributed by atoms with Crippen LogP contribution in [0.25, 0.3) is 0 Å². The first-order valence-corrected chi connectivity index (χ1v) is 4.72. The van der Waals surface area contributed by atoms with Gasteiger partial charge in [0.05, 0.1) is 29.1 Å². The van der Waals surface area contributed by atoms with E-state index in [0.717, 1.165) is 12.1 Å². The molecule has 10 heteroatoms. The second kappa shape index (κ2) is 5.62. The van der Waals surface area contributed by atoms with Crippen LogP contribution in [-0.4, -0.2) is 34.6 Å². The number of carbonyl (C=O) groups is 1. The minimum Gasteiger partial charge on any atom is -0.493 e. The normalized spacial score (nSPS) is 9.74. The molecule has 19 heavy (non-hydrogen) atoms. The predicted molar refractivity (Wildman–Crippen MR) is 59.4 cm³/mol. The van der Waals surface area contributed by atoms with E-state index in [0.29, 0.717) is 0 Å². The van der Waals surface area contributed by atoms with E-state index >= 15 is 0 Å². The van der Waals surface area contributed by atoms with Crippen LogP contribution in [-0.2, 0) is 4.79 Å². The lowest BCUT2D eigenvalue weighted by Crippen LogP contribution is -2.10. The molecule has 0 bridgehead atoms. The van der Waals surface area contributed by atoms with Crippen molar-refractivity contribution in [3.05, 3.63) is 32.4 Å². The molecule has 102 valence electrons. The van der Waals surface area contributed by atoms with Crippen molar-refractivity contribution in [3.8, 4) is 11.5 Å². The Balaban J connectivity index is 3.31. The lowest BCUT2D eigenvalue weighted by molar-refractivity contribution is -0.422. The van der Waals surface area contributed by atoms with E-state index in [9.17, 15) is 25.0 Å². The minimum absolute atomic E-state index is 0.168. The summed E-state index contributed by atoms with van der Waals surface area (Å²) in [6.07, 6.45) is 0. The summed E-state index contributed by atoms with van der Waals surface area (Å²) >= 11 is 0. The summed E-state index contributed by atoms with van der Waals surface area (Å²) in [5, 5.41) is 29.8. The van der Waals surface area contributed by atoms with Crippen molar-refractivity contribution in [2.75, 3.05) is 13.7 Å². The van der Waals surface area contributed by atoms with Gasteiger partial charge in [0.1, 0.15) is 0 Å². The molecule has 0 saturated carbocycles. The smallest absolute Gasteiger partial charge is 0.350 e. The molecule has 0 unspecified atom stereocenters. The van der Waals surface area contributed by atoms with Gasteiger partial charge < -0.3 is 14.6 Å². The number of carboxylic acids is 1. The summed E-state index contributed by atoms with van der Waals surface area (Å²) in [4.78, 5) is 29.8. The molecular formula is C9H8N2O8. The van der Waals surface area contributed by atoms with Gasteiger partial charge >= 0.3 is 17.3 Å². The predicted octanol–water partition coefficient (Wildman–Crippen LogP) is 0.975. The van der Waals surface area contributed by atoms with Crippen LogP contribution in [0.15, 0.2) is 12.1 Å². The number of nitro groups is 2. The monoisotopic (exact) mass is 272 g/mol. The van der Waals surface area contributed by atoms with E-state index in [1.165, 1.54) is 7.11 Å². The largest absolute Gasteiger partial charge is 0.493 e. The zero-order chi connectivity index (χ0) is 14.6. The average molecular weight is 272 g/mol. The molecule has 0 aromatic heterocycles. The third kappa shape index (κ3) is 3.28. The van der Waals surface area contributed by atoms with E-state index < -0.39 is 33.8 Å². The van der Waals surface area contributed by atoms with E-state index in [1.807, 2.05) is 0 Å². The number of aliphatic carboxylic acids is 1. The van der Waals surface area contributed by atoms with Crippen LogP contribution in [0, 0.1) is 20.2 Å². The maximum atomic E-state index is 10.7. The van der Waals surface area contributed by atoms with Crippen molar-refractivity contribution in [2.24, 2.45) is 0 Å². The molecule has 0 amide bonds. The van der Waals surface area contributed by atoms with Gasteiger partial charge in [0.2, 0.25) is 0 Å². The third-order valence-electron chi connectivity index (χ3n) is 2.01. The van der Waals surface area contributed by atoms with Gasteiger partial charge in [-0.2, -0.15) is 0 Å². The van der Waals surface area contributed by atoms with Gasteiger partial charge in [-0.05, 0) is 0 Å².